The van der Waals surface area contributed by atoms with Crippen LogP contribution in [0.15, 0.2) is 85.3 Å². The minimum atomic E-state index is -5.08. The van der Waals surface area contributed by atoms with Gasteiger partial charge in [0.2, 0.25) is 5.91 Å². The molecule has 1 aliphatic rings. The predicted molar refractivity (Wildman–Crippen MR) is 196 cm³/mol. The summed E-state index contributed by atoms with van der Waals surface area (Å²) in [7, 11) is 3.43. The highest BCUT2D eigenvalue weighted by molar-refractivity contribution is 6.07. The fourth-order valence-electron chi connectivity index (χ4n) is 5.57. The Bertz CT molecular complexity index is 2220. The van der Waals surface area contributed by atoms with Crippen molar-refractivity contribution in [2.75, 3.05) is 30.3 Å². The Kier molecular flexibility index (Phi) is 11.9. The van der Waals surface area contributed by atoms with Crippen molar-refractivity contribution in [3.63, 3.8) is 0 Å². The third-order valence-electron chi connectivity index (χ3n) is 8.32. The van der Waals surface area contributed by atoms with Crippen LogP contribution < -0.4 is 16.0 Å². The summed E-state index contributed by atoms with van der Waals surface area (Å²) in [5.74, 6) is -3.64. The zero-order chi connectivity index (χ0) is 39.0. The summed E-state index contributed by atoms with van der Waals surface area (Å²) in [5.41, 5.74) is 4.97. The van der Waals surface area contributed by atoms with Gasteiger partial charge in [0, 0.05) is 69.7 Å². The highest BCUT2D eigenvalue weighted by Gasteiger charge is 2.38. The number of carbonyl (C=O) groups is 5. The fourth-order valence-corrected chi connectivity index (χ4v) is 5.57. The summed E-state index contributed by atoms with van der Waals surface area (Å²) in [6.45, 7) is 1.54. The number of anilines is 2. The zero-order valence-corrected chi connectivity index (χ0v) is 29.2. The first-order chi connectivity index (χ1) is 25.7. The maximum atomic E-state index is 13.1. The Morgan fingerprint density at radius 1 is 0.833 bits per heavy atom. The number of halogens is 3. The second kappa shape index (κ2) is 16.8. The minimum Gasteiger partial charge on any atom is -0.475 e. The van der Waals surface area contributed by atoms with Crippen molar-refractivity contribution >= 4 is 64.0 Å². The molecule has 0 spiro atoms. The molecular formula is C38H36F3N7O6. The molecule has 0 bridgehead atoms. The lowest BCUT2D eigenvalue weighted by Gasteiger charge is -2.15. The van der Waals surface area contributed by atoms with E-state index >= 15 is 0 Å². The van der Waals surface area contributed by atoms with Gasteiger partial charge in [-0.3, -0.25) is 24.2 Å². The molecule has 4 amide bonds. The number of aromatic nitrogens is 3. The number of likely N-dealkylation sites (tertiary alicyclic amines) is 1. The van der Waals surface area contributed by atoms with E-state index in [1.807, 2.05) is 54.7 Å². The summed E-state index contributed by atoms with van der Waals surface area (Å²) in [6, 6.07) is 20.5. The Hall–Kier alpha value is -6.71. The van der Waals surface area contributed by atoms with E-state index < -0.39 is 18.1 Å². The number of hydrogen-bond donors (Lipinski definition) is 4. The lowest BCUT2D eigenvalue weighted by atomic mass is 10.1. The van der Waals surface area contributed by atoms with Crippen LogP contribution in [0.2, 0.25) is 0 Å². The van der Waals surface area contributed by atoms with E-state index in [1.54, 1.807) is 64.8 Å². The monoisotopic (exact) mass is 743 g/mol. The van der Waals surface area contributed by atoms with E-state index in [-0.39, 0.29) is 17.7 Å². The number of carbonyl (C=O) groups excluding carboxylic acids is 4. The molecule has 3 aromatic heterocycles. The first-order valence-corrected chi connectivity index (χ1v) is 16.6. The molecule has 5 aromatic rings. The lowest BCUT2D eigenvalue weighted by Crippen LogP contribution is -2.36. The van der Waals surface area contributed by atoms with Gasteiger partial charge in [0.25, 0.3) is 17.7 Å². The van der Waals surface area contributed by atoms with Crippen LogP contribution in [0.4, 0.5) is 24.5 Å². The number of nitrogens with zero attached hydrogens (tertiary/aromatic N) is 4. The van der Waals surface area contributed by atoms with Crippen LogP contribution in [0.25, 0.3) is 23.1 Å². The molecule has 4 heterocycles. The van der Waals surface area contributed by atoms with Crippen LogP contribution in [-0.4, -0.2) is 79.5 Å². The standard InChI is InChI=1S/C36H35N7O4.C2HF3O2/c1-41-23-29(19-31(41)35(46)37-15-17-43-16-5-8-33(43)44)40-36(47)32-20-28(22-42(32)2)39-34(45)26-13-11-24(12-14-26)9-10-25-18-27-6-3-4-7-30(27)38-21-25;3-2(4,5)1(6)7/h3-4,6-7,9-14,18-23H,5,8,15-17H2,1-2H3,(H,37,46)(H,39,45)(H,40,47);(H,6,7)/b10-9+;. The number of hydrogen-bond acceptors (Lipinski definition) is 6. The maximum Gasteiger partial charge on any atom is 0.490 e. The van der Waals surface area contributed by atoms with E-state index in [1.165, 1.54) is 0 Å². The summed E-state index contributed by atoms with van der Waals surface area (Å²) >= 11 is 0. The molecule has 16 heteroatoms. The normalized spacial score (nSPS) is 12.8. The Labute approximate surface area is 307 Å². The topological polar surface area (TPSA) is 168 Å². The van der Waals surface area contributed by atoms with E-state index in [0.717, 1.165) is 35.0 Å². The van der Waals surface area contributed by atoms with E-state index in [9.17, 15) is 32.3 Å². The van der Waals surface area contributed by atoms with Gasteiger partial charge < -0.3 is 35.1 Å². The molecule has 0 atom stereocenters. The number of para-hydroxylation sites is 1. The van der Waals surface area contributed by atoms with Gasteiger partial charge in [-0.25, -0.2) is 4.79 Å². The van der Waals surface area contributed by atoms with Crippen LogP contribution in [0.5, 0.6) is 0 Å². The maximum absolute atomic E-state index is 13.1. The molecule has 0 radical (unpaired) electrons. The largest absolute Gasteiger partial charge is 0.490 e. The molecule has 4 N–H and O–H groups in total. The lowest BCUT2D eigenvalue weighted by molar-refractivity contribution is -0.192. The van der Waals surface area contributed by atoms with Crippen LogP contribution in [0.1, 0.15) is 55.3 Å². The number of nitrogens with one attached hydrogen (secondary N) is 3. The van der Waals surface area contributed by atoms with Crippen molar-refractivity contribution in [3.05, 3.63) is 113 Å². The molecule has 1 fully saturated rings. The highest BCUT2D eigenvalue weighted by atomic mass is 19.4. The predicted octanol–water partition coefficient (Wildman–Crippen LogP) is 5.57. The van der Waals surface area contributed by atoms with Gasteiger partial charge in [-0.15, -0.1) is 0 Å². The summed E-state index contributed by atoms with van der Waals surface area (Å²) in [4.78, 5) is 65.7. The molecule has 13 nitrogen and oxygen atoms in total. The third-order valence-corrected chi connectivity index (χ3v) is 8.32. The Morgan fingerprint density at radius 3 is 2.04 bits per heavy atom. The van der Waals surface area contributed by atoms with Gasteiger partial charge in [-0.2, -0.15) is 13.2 Å². The molecule has 6 rings (SSSR count). The number of aryl methyl sites for hydroxylation is 2. The van der Waals surface area contributed by atoms with Crippen molar-refractivity contribution in [2.45, 2.75) is 19.0 Å². The van der Waals surface area contributed by atoms with Crippen LogP contribution in [0.3, 0.4) is 0 Å². The average Bonchev–Trinajstić information content (AvgIpc) is 3.84. The molecule has 0 aliphatic carbocycles. The van der Waals surface area contributed by atoms with Crippen LogP contribution in [0, 0.1) is 0 Å². The second-order valence-electron chi connectivity index (χ2n) is 12.3. The molecule has 1 saturated heterocycles. The first-order valence-electron chi connectivity index (χ1n) is 16.6. The number of pyridine rings is 1. The fraction of sp³-hybridized carbons (Fsp3) is 0.211. The van der Waals surface area contributed by atoms with Crippen LogP contribution >= 0.6 is 0 Å². The molecule has 54 heavy (non-hydrogen) atoms. The minimum absolute atomic E-state index is 0.111. The van der Waals surface area contributed by atoms with Crippen molar-refractivity contribution in [1.29, 1.82) is 0 Å². The Morgan fingerprint density at radius 2 is 1.43 bits per heavy atom. The highest BCUT2D eigenvalue weighted by Crippen LogP contribution is 2.20. The number of carboxylic acids is 1. The van der Waals surface area contributed by atoms with Gasteiger partial charge in [0.15, 0.2) is 0 Å². The first kappa shape index (κ1) is 38.5. The summed E-state index contributed by atoms with van der Waals surface area (Å²) < 4.78 is 35.0. The van der Waals surface area contributed by atoms with Crippen LogP contribution in [-0.2, 0) is 23.7 Å². The molecule has 1 aliphatic heterocycles. The number of fused-ring (bicyclic) bond motifs is 1. The van der Waals surface area contributed by atoms with E-state index in [4.69, 9.17) is 9.90 Å². The van der Waals surface area contributed by atoms with Gasteiger partial charge in [0.05, 0.1) is 16.9 Å². The zero-order valence-electron chi connectivity index (χ0n) is 29.2. The molecule has 280 valence electrons. The number of carboxylic acid groups (broad SMARTS) is 1. The van der Waals surface area contributed by atoms with Gasteiger partial charge in [-0.1, -0.05) is 42.5 Å². The van der Waals surface area contributed by atoms with Gasteiger partial charge in [0.1, 0.15) is 11.4 Å². The second-order valence-corrected chi connectivity index (χ2v) is 12.3. The summed E-state index contributed by atoms with van der Waals surface area (Å²) in [5, 5.41) is 16.7. The average molecular weight is 744 g/mol. The quantitative estimate of drug-likeness (QED) is 0.145. The molecule has 0 unspecified atom stereocenters. The number of aliphatic carboxylic acids is 1. The number of alkyl halides is 3. The van der Waals surface area contributed by atoms with Gasteiger partial charge >= 0.3 is 12.1 Å². The molecule has 2 aromatic carbocycles. The van der Waals surface area contributed by atoms with Crippen molar-refractivity contribution in [1.82, 2.24) is 24.3 Å². The molecular weight excluding hydrogens is 707 g/mol. The van der Waals surface area contributed by atoms with Gasteiger partial charge in [-0.05, 0) is 53.9 Å². The van der Waals surface area contributed by atoms with Crippen molar-refractivity contribution in [2.24, 2.45) is 14.1 Å². The number of amides is 4. The smallest absolute Gasteiger partial charge is 0.475 e. The SMILES string of the molecule is Cn1cc(NC(=O)c2cc(NC(=O)c3ccc(/C=C/c4cnc5ccccc5c4)cc3)cn2C)cc1C(=O)NCCN1CCCC1=O.O=C(O)C(F)(F)F. The summed E-state index contributed by atoms with van der Waals surface area (Å²) in [6.07, 6.45) is 5.42. The number of rotatable bonds is 10. The Balaban J connectivity index is 0.000000730. The van der Waals surface area contributed by atoms with E-state index in [0.29, 0.717) is 47.8 Å². The van der Waals surface area contributed by atoms with Crippen molar-refractivity contribution in [3.8, 4) is 0 Å². The molecule has 0 saturated carbocycles. The number of benzene rings is 2. The third kappa shape index (κ3) is 9.99. The van der Waals surface area contributed by atoms with E-state index in [2.05, 4.69) is 27.0 Å². The van der Waals surface area contributed by atoms with Crippen molar-refractivity contribution < 1.29 is 42.3 Å².